The van der Waals surface area contributed by atoms with Crippen molar-refractivity contribution in [3.63, 3.8) is 0 Å². The highest BCUT2D eigenvalue weighted by Crippen LogP contribution is 2.41. The van der Waals surface area contributed by atoms with Gasteiger partial charge in [-0.1, -0.05) is 0 Å². The molecule has 1 aliphatic carbocycles. The summed E-state index contributed by atoms with van der Waals surface area (Å²) in [5.41, 5.74) is 1.06. The number of ether oxygens (including phenoxy) is 2. The van der Waals surface area contributed by atoms with E-state index in [0.717, 1.165) is 35.8 Å². The van der Waals surface area contributed by atoms with E-state index in [4.69, 9.17) is 9.47 Å². The number of thiophene rings is 1. The van der Waals surface area contributed by atoms with Gasteiger partial charge in [-0.2, -0.15) is 0 Å². The van der Waals surface area contributed by atoms with Gasteiger partial charge in [0.15, 0.2) is 0 Å². The third-order valence-electron chi connectivity index (χ3n) is 4.23. The second-order valence-corrected chi connectivity index (χ2v) is 6.94. The van der Waals surface area contributed by atoms with Crippen LogP contribution < -0.4 is 4.74 Å². The Bertz CT molecular complexity index is 934. The third kappa shape index (κ3) is 3.63. The van der Waals surface area contributed by atoms with E-state index in [-0.39, 0.29) is 17.9 Å². The maximum atomic E-state index is 12.4. The lowest BCUT2D eigenvalue weighted by Crippen LogP contribution is -2.06. The lowest BCUT2D eigenvalue weighted by Gasteiger charge is -2.05. The first-order chi connectivity index (χ1) is 13.0. The van der Waals surface area contributed by atoms with Crippen LogP contribution in [0, 0.1) is 10.1 Å². The summed E-state index contributed by atoms with van der Waals surface area (Å²) in [6, 6.07) is 2.58. The lowest BCUT2D eigenvalue weighted by atomic mass is 10.1. The molecule has 0 bridgehead atoms. The summed E-state index contributed by atoms with van der Waals surface area (Å²) in [5.74, 6) is -0.712. The van der Waals surface area contributed by atoms with Crippen LogP contribution in [0.2, 0.25) is 0 Å². The van der Waals surface area contributed by atoms with E-state index >= 15 is 0 Å². The van der Waals surface area contributed by atoms with Crippen LogP contribution in [-0.2, 0) is 17.6 Å². The molecule has 9 heteroatoms. The Labute approximate surface area is 159 Å². The molecule has 0 radical (unpaired) electrons. The van der Waals surface area contributed by atoms with E-state index in [9.17, 15) is 20.0 Å². The van der Waals surface area contributed by atoms with Crippen LogP contribution in [0.25, 0.3) is 0 Å². The standard InChI is InChI=1S/C18H18N2O6S/c1-3-26-18(22)15-12-5-4-6-14(12)27-17(15)19-9-10-7-11(25-2)8-13(16(10)21)20(23)24/h7-9,21H,3-6H2,1-2H3/b19-9+. The Morgan fingerprint density at radius 2 is 2.22 bits per heavy atom. The van der Waals surface area contributed by atoms with Gasteiger partial charge >= 0.3 is 11.7 Å². The molecule has 1 aliphatic rings. The van der Waals surface area contributed by atoms with Crippen molar-refractivity contribution >= 4 is 34.2 Å². The number of esters is 1. The number of fused-ring (bicyclic) bond motifs is 1. The number of methoxy groups -OCH3 is 1. The second-order valence-electron chi connectivity index (χ2n) is 5.86. The number of aromatic hydroxyl groups is 1. The van der Waals surface area contributed by atoms with Crippen LogP contribution in [0.5, 0.6) is 11.5 Å². The Morgan fingerprint density at radius 1 is 1.44 bits per heavy atom. The van der Waals surface area contributed by atoms with Crippen LogP contribution in [0.3, 0.4) is 0 Å². The molecule has 142 valence electrons. The van der Waals surface area contributed by atoms with E-state index in [1.165, 1.54) is 30.7 Å². The maximum absolute atomic E-state index is 12.4. The summed E-state index contributed by atoms with van der Waals surface area (Å²) >= 11 is 1.40. The zero-order chi connectivity index (χ0) is 19.6. The van der Waals surface area contributed by atoms with Gasteiger partial charge in [-0.25, -0.2) is 9.79 Å². The van der Waals surface area contributed by atoms with E-state index < -0.39 is 22.3 Å². The van der Waals surface area contributed by atoms with Crippen molar-refractivity contribution in [2.75, 3.05) is 13.7 Å². The molecule has 2 aromatic rings. The van der Waals surface area contributed by atoms with Crippen LogP contribution in [-0.4, -0.2) is 35.9 Å². The van der Waals surface area contributed by atoms with E-state index in [1.807, 2.05) is 0 Å². The van der Waals surface area contributed by atoms with Gasteiger partial charge in [-0.05, 0) is 37.8 Å². The Morgan fingerprint density at radius 3 is 2.89 bits per heavy atom. The monoisotopic (exact) mass is 390 g/mol. The van der Waals surface area contributed by atoms with Crippen LogP contribution >= 0.6 is 11.3 Å². The molecule has 0 amide bonds. The predicted octanol–water partition coefficient (Wildman–Crippen LogP) is 3.79. The number of benzene rings is 1. The average Bonchev–Trinajstić information content (AvgIpc) is 3.21. The number of hydrogen-bond acceptors (Lipinski definition) is 8. The van der Waals surface area contributed by atoms with Crippen LogP contribution in [0.15, 0.2) is 17.1 Å². The van der Waals surface area contributed by atoms with Gasteiger partial charge < -0.3 is 14.6 Å². The molecule has 1 N–H and O–H groups in total. The number of rotatable bonds is 6. The van der Waals surface area contributed by atoms with Crippen molar-refractivity contribution in [3.05, 3.63) is 43.8 Å². The summed E-state index contributed by atoms with van der Waals surface area (Å²) in [6.45, 7) is 2.00. The SMILES string of the molecule is CCOC(=O)c1c(/N=C/c2cc(OC)cc([N+](=O)[O-])c2O)sc2c1CCC2. The fourth-order valence-corrected chi connectivity index (χ4v) is 4.21. The topological polar surface area (TPSA) is 111 Å². The first-order valence-corrected chi connectivity index (χ1v) is 9.19. The Hall–Kier alpha value is -2.94. The molecule has 0 unspecified atom stereocenters. The van der Waals surface area contributed by atoms with Gasteiger partial charge in [0.1, 0.15) is 10.8 Å². The van der Waals surface area contributed by atoms with Crippen molar-refractivity contribution in [1.82, 2.24) is 0 Å². The average molecular weight is 390 g/mol. The minimum Gasteiger partial charge on any atom is -0.502 e. The highest BCUT2D eigenvalue weighted by Gasteiger charge is 2.27. The molecule has 8 nitrogen and oxygen atoms in total. The van der Waals surface area contributed by atoms with Crippen LogP contribution in [0.4, 0.5) is 10.7 Å². The van der Waals surface area contributed by atoms with Crippen molar-refractivity contribution in [2.45, 2.75) is 26.2 Å². The third-order valence-corrected chi connectivity index (χ3v) is 5.43. The molecule has 1 heterocycles. The van der Waals surface area contributed by atoms with Crippen molar-refractivity contribution < 1.29 is 24.3 Å². The number of aryl methyl sites for hydroxylation is 1. The minimum absolute atomic E-state index is 0.129. The summed E-state index contributed by atoms with van der Waals surface area (Å²) in [7, 11) is 1.37. The molecule has 3 rings (SSSR count). The minimum atomic E-state index is -0.696. The number of nitrogens with zero attached hydrogens (tertiary/aromatic N) is 2. The fourth-order valence-electron chi connectivity index (χ4n) is 2.99. The Kier molecular flexibility index (Phi) is 5.41. The van der Waals surface area contributed by atoms with Gasteiger partial charge in [0, 0.05) is 16.7 Å². The number of nitro groups is 1. The normalized spacial score (nSPS) is 13.0. The smallest absolute Gasteiger partial charge is 0.341 e. The quantitative estimate of drug-likeness (QED) is 0.348. The number of aliphatic imine (C=N–C) groups is 1. The number of carbonyl (C=O) groups is 1. The van der Waals surface area contributed by atoms with Gasteiger partial charge in [0.2, 0.25) is 5.75 Å². The zero-order valence-corrected chi connectivity index (χ0v) is 15.7. The summed E-state index contributed by atoms with van der Waals surface area (Å²) in [6.07, 6.45) is 3.97. The molecule has 0 spiro atoms. The molecule has 0 saturated carbocycles. The number of hydrogen-bond donors (Lipinski definition) is 1. The largest absolute Gasteiger partial charge is 0.502 e. The van der Waals surface area contributed by atoms with Gasteiger partial charge in [-0.15, -0.1) is 11.3 Å². The van der Waals surface area contributed by atoms with Gasteiger partial charge in [0.25, 0.3) is 0 Å². The van der Waals surface area contributed by atoms with Crippen molar-refractivity contribution in [3.8, 4) is 11.5 Å². The number of phenols is 1. The zero-order valence-electron chi connectivity index (χ0n) is 14.9. The molecule has 0 fully saturated rings. The summed E-state index contributed by atoms with van der Waals surface area (Å²) < 4.78 is 10.2. The lowest BCUT2D eigenvalue weighted by molar-refractivity contribution is -0.385. The highest BCUT2D eigenvalue weighted by molar-refractivity contribution is 7.16. The molecule has 27 heavy (non-hydrogen) atoms. The predicted molar refractivity (Wildman–Crippen MR) is 101 cm³/mol. The van der Waals surface area contributed by atoms with Gasteiger partial charge in [-0.3, -0.25) is 10.1 Å². The number of nitro benzene ring substituents is 1. The van der Waals surface area contributed by atoms with E-state index in [1.54, 1.807) is 6.92 Å². The molecule has 0 saturated heterocycles. The Balaban J connectivity index is 2.03. The summed E-state index contributed by atoms with van der Waals surface area (Å²) in [4.78, 5) is 28.2. The van der Waals surface area contributed by atoms with Crippen LogP contribution in [0.1, 0.15) is 39.7 Å². The fraction of sp³-hybridized carbons (Fsp3) is 0.333. The highest BCUT2D eigenvalue weighted by atomic mass is 32.1. The first kappa shape index (κ1) is 18.8. The molecular formula is C18H18N2O6S. The number of phenolic OH excluding ortho intramolecular Hbond substituents is 1. The molecular weight excluding hydrogens is 372 g/mol. The second kappa shape index (κ2) is 7.75. The molecule has 0 aliphatic heterocycles. The molecule has 1 aromatic carbocycles. The first-order valence-electron chi connectivity index (χ1n) is 8.37. The van der Waals surface area contributed by atoms with E-state index in [0.29, 0.717) is 10.6 Å². The molecule has 0 atom stereocenters. The van der Waals surface area contributed by atoms with Crippen molar-refractivity contribution in [2.24, 2.45) is 4.99 Å². The number of carbonyl (C=O) groups excluding carboxylic acids is 1. The maximum Gasteiger partial charge on any atom is 0.341 e. The summed E-state index contributed by atoms with van der Waals surface area (Å²) in [5, 5.41) is 21.7. The van der Waals surface area contributed by atoms with E-state index in [2.05, 4.69) is 4.99 Å². The van der Waals surface area contributed by atoms with Gasteiger partial charge in [0.05, 0.1) is 30.3 Å². The molecule has 1 aromatic heterocycles. The van der Waals surface area contributed by atoms with Crippen molar-refractivity contribution in [1.29, 1.82) is 0 Å².